The van der Waals surface area contributed by atoms with Crippen LogP contribution >= 0.6 is 11.3 Å². The van der Waals surface area contributed by atoms with Gasteiger partial charge >= 0.3 is 0 Å². The Bertz CT molecular complexity index is 1190. The number of nitrogens with zero attached hydrogens (tertiary/aromatic N) is 3. The molecule has 0 fully saturated rings. The summed E-state index contributed by atoms with van der Waals surface area (Å²) >= 11 is 1.52. The highest BCUT2D eigenvalue weighted by molar-refractivity contribution is 7.07. The van der Waals surface area contributed by atoms with Gasteiger partial charge in [0, 0.05) is 23.1 Å². The first-order valence-corrected chi connectivity index (χ1v) is 10.5. The van der Waals surface area contributed by atoms with E-state index in [4.69, 9.17) is 14.6 Å². The number of hydrogen-bond donors (Lipinski definition) is 1. The van der Waals surface area contributed by atoms with E-state index in [1.807, 2.05) is 66.4 Å². The number of nitrogens with one attached hydrogen (secondary N) is 1. The number of fused-ring (bicyclic) bond motifs is 1. The molecule has 0 atom stereocenters. The van der Waals surface area contributed by atoms with E-state index < -0.39 is 0 Å². The van der Waals surface area contributed by atoms with Crippen molar-refractivity contribution in [2.45, 2.75) is 13.8 Å². The molecule has 0 saturated heterocycles. The number of anilines is 1. The van der Waals surface area contributed by atoms with Crippen LogP contribution in [-0.4, -0.2) is 36.6 Å². The molecule has 1 aliphatic heterocycles. The van der Waals surface area contributed by atoms with E-state index in [0.29, 0.717) is 18.0 Å². The predicted octanol–water partition coefficient (Wildman–Crippen LogP) is 3.75. The number of aromatic nitrogens is 1. The Morgan fingerprint density at radius 2 is 2.13 bits per heavy atom. The second kappa shape index (κ2) is 8.54. The molecule has 1 aromatic heterocycles. The van der Waals surface area contributed by atoms with Crippen LogP contribution in [0.25, 0.3) is 11.3 Å². The van der Waals surface area contributed by atoms with Crippen LogP contribution < -0.4 is 19.6 Å². The Hall–Kier alpha value is -3.39. The van der Waals surface area contributed by atoms with Crippen molar-refractivity contribution in [2.24, 2.45) is 10.1 Å². The van der Waals surface area contributed by atoms with Gasteiger partial charge in [-0.05, 0) is 44.2 Å². The van der Waals surface area contributed by atoms with Gasteiger partial charge in [-0.25, -0.2) is 4.68 Å². The molecule has 2 heterocycles. The van der Waals surface area contributed by atoms with Crippen LogP contribution in [0.5, 0.6) is 11.5 Å². The first-order valence-electron chi connectivity index (χ1n) is 9.57. The largest absolute Gasteiger partial charge is 0.496 e. The number of hydrogen-bond acceptors (Lipinski definition) is 6. The highest BCUT2D eigenvalue weighted by Crippen LogP contribution is 2.33. The van der Waals surface area contributed by atoms with Gasteiger partial charge in [0.15, 0.2) is 6.61 Å². The molecule has 4 rings (SSSR count). The fraction of sp³-hybridized carbons (Fsp3) is 0.227. The lowest BCUT2D eigenvalue weighted by Crippen LogP contribution is -2.25. The van der Waals surface area contributed by atoms with Crippen molar-refractivity contribution in [1.29, 1.82) is 0 Å². The Kier molecular flexibility index (Phi) is 5.67. The molecule has 0 radical (unpaired) electrons. The quantitative estimate of drug-likeness (QED) is 0.636. The Labute approximate surface area is 178 Å². The Balaban J connectivity index is 1.83. The van der Waals surface area contributed by atoms with Crippen molar-refractivity contribution in [1.82, 2.24) is 4.68 Å². The summed E-state index contributed by atoms with van der Waals surface area (Å²) in [7, 11) is 1.65. The van der Waals surface area contributed by atoms with Crippen LogP contribution in [0.1, 0.15) is 19.4 Å². The van der Waals surface area contributed by atoms with Crippen LogP contribution in [-0.2, 0) is 4.79 Å². The van der Waals surface area contributed by atoms with Crippen molar-refractivity contribution in [3.63, 3.8) is 0 Å². The van der Waals surface area contributed by atoms with Gasteiger partial charge < -0.3 is 14.8 Å². The van der Waals surface area contributed by atoms with Gasteiger partial charge in [-0.15, -0.1) is 11.3 Å². The van der Waals surface area contributed by atoms with E-state index in [1.165, 1.54) is 11.3 Å². The van der Waals surface area contributed by atoms with Crippen molar-refractivity contribution in [3.8, 4) is 22.8 Å². The van der Waals surface area contributed by atoms with Crippen LogP contribution in [0.3, 0.4) is 0 Å². The highest BCUT2D eigenvalue weighted by Gasteiger charge is 2.18. The first kappa shape index (κ1) is 19.9. The summed E-state index contributed by atoms with van der Waals surface area (Å²) in [5.74, 6) is 1.26. The molecule has 8 heteroatoms. The number of thiazole rings is 1. The molecule has 0 aliphatic carbocycles. The summed E-state index contributed by atoms with van der Waals surface area (Å²) in [6.45, 7) is 4.62. The molecule has 0 saturated carbocycles. The number of methoxy groups -OCH3 is 1. The zero-order chi connectivity index (χ0) is 21.1. The van der Waals surface area contributed by atoms with Gasteiger partial charge in [-0.3, -0.25) is 9.79 Å². The monoisotopic (exact) mass is 422 g/mol. The summed E-state index contributed by atoms with van der Waals surface area (Å²) in [5.41, 5.74) is 4.16. The van der Waals surface area contributed by atoms with Gasteiger partial charge in [0.05, 0.1) is 24.2 Å². The average Bonchev–Trinajstić information content (AvgIpc) is 3.15. The van der Waals surface area contributed by atoms with Crippen LogP contribution in [0.2, 0.25) is 0 Å². The molecule has 1 amide bonds. The van der Waals surface area contributed by atoms with E-state index in [-0.39, 0.29) is 12.5 Å². The van der Waals surface area contributed by atoms with E-state index in [2.05, 4.69) is 10.3 Å². The van der Waals surface area contributed by atoms with E-state index in [0.717, 1.165) is 33.1 Å². The fourth-order valence-corrected chi connectivity index (χ4v) is 4.12. The van der Waals surface area contributed by atoms with Crippen molar-refractivity contribution in [2.75, 3.05) is 25.6 Å². The molecule has 30 heavy (non-hydrogen) atoms. The van der Waals surface area contributed by atoms with Crippen molar-refractivity contribution in [3.05, 3.63) is 58.2 Å². The summed E-state index contributed by atoms with van der Waals surface area (Å²) in [6, 6.07) is 13.5. The third kappa shape index (κ3) is 3.86. The Morgan fingerprint density at radius 3 is 2.93 bits per heavy atom. The molecule has 154 valence electrons. The number of ether oxygens (including phenoxy) is 2. The SMILES string of the molecule is CCN=c1scc(-c2ccc3c(c2)NC(=O)CO3)n1N=C(C)c1ccccc1OC. The average molecular weight is 423 g/mol. The standard InChI is InChI=1S/C22H22N4O3S/c1-4-23-22-26(25-14(2)16-7-5-6-8-19(16)28-3)18(13-30-22)15-9-10-20-17(11-15)24-21(27)12-29-20/h5-11,13H,4,12H2,1-3H3,(H,24,27). The number of para-hydroxylation sites is 1. The minimum atomic E-state index is -0.162. The smallest absolute Gasteiger partial charge is 0.262 e. The number of amides is 1. The lowest BCUT2D eigenvalue weighted by atomic mass is 10.1. The lowest BCUT2D eigenvalue weighted by molar-refractivity contribution is -0.118. The minimum Gasteiger partial charge on any atom is -0.496 e. The number of benzene rings is 2. The summed E-state index contributed by atoms with van der Waals surface area (Å²) < 4.78 is 12.8. The number of rotatable bonds is 5. The third-order valence-corrected chi connectivity index (χ3v) is 5.49. The van der Waals surface area contributed by atoms with Gasteiger partial charge in [0.1, 0.15) is 11.5 Å². The maximum atomic E-state index is 11.7. The Morgan fingerprint density at radius 1 is 1.30 bits per heavy atom. The van der Waals surface area contributed by atoms with E-state index >= 15 is 0 Å². The van der Waals surface area contributed by atoms with Crippen LogP contribution in [0, 0.1) is 0 Å². The summed E-state index contributed by atoms with van der Waals surface area (Å²) in [5, 5.41) is 9.74. The normalized spacial score (nSPS) is 14.2. The highest BCUT2D eigenvalue weighted by atomic mass is 32.1. The van der Waals surface area contributed by atoms with E-state index in [1.54, 1.807) is 7.11 Å². The maximum Gasteiger partial charge on any atom is 0.262 e. The molecular weight excluding hydrogens is 400 g/mol. The summed E-state index contributed by atoms with van der Waals surface area (Å²) in [4.78, 5) is 17.1. The molecule has 2 aromatic carbocycles. The molecule has 7 nitrogen and oxygen atoms in total. The van der Waals surface area contributed by atoms with Crippen molar-refractivity contribution >= 4 is 28.6 Å². The maximum absolute atomic E-state index is 11.7. The van der Waals surface area contributed by atoms with Gasteiger partial charge in [0.25, 0.3) is 5.91 Å². The lowest BCUT2D eigenvalue weighted by Gasteiger charge is -2.18. The zero-order valence-corrected chi connectivity index (χ0v) is 17.8. The summed E-state index contributed by atoms with van der Waals surface area (Å²) in [6.07, 6.45) is 0. The van der Waals surface area contributed by atoms with Crippen LogP contribution in [0.4, 0.5) is 5.69 Å². The zero-order valence-electron chi connectivity index (χ0n) is 17.0. The predicted molar refractivity (Wildman–Crippen MR) is 119 cm³/mol. The molecule has 3 aromatic rings. The second-order valence-electron chi connectivity index (χ2n) is 6.62. The van der Waals surface area contributed by atoms with Crippen LogP contribution in [0.15, 0.2) is 57.9 Å². The topological polar surface area (TPSA) is 77.2 Å². The number of carbonyl (C=O) groups is 1. The van der Waals surface area contributed by atoms with E-state index in [9.17, 15) is 4.79 Å². The second-order valence-corrected chi connectivity index (χ2v) is 7.46. The number of carbonyl (C=O) groups excluding carboxylic acids is 1. The molecule has 0 spiro atoms. The van der Waals surface area contributed by atoms with Crippen molar-refractivity contribution < 1.29 is 14.3 Å². The van der Waals surface area contributed by atoms with Gasteiger partial charge in [-0.2, -0.15) is 5.10 Å². The molecule has 1 N–H and O–H groups in total. The molecule has 0 unspecified atom stereocenters. The van der Waals surface area contributed by atoms with Gasteiger partial charge in [0.2, 0.25) is 4.80 Å². The molecule has 1 aliphatic rings. The minimum absolute atomic E-state index is 0.0344. The third-order valence-electron chi connectivity index (χ3n) is 4.63. The fourth-order valence-electron chi connectivity index (χ4n) is 3.23. The van der Waals surface area contributed by atoms with Gasteiger partial charge in [-0.1, -0.05) is 12.1 Å². The molecular formula is C22H22N4O3S. The molecule has 0 bridgehead atoms. The first-order chi connectivity index (χ1) is 14.6.